The summed E-state index contributed by atoms with van der Waals surface area (Å²) in [6.45, 7) is 2.05. The fourth-order valence-corrected chi connectivity index (χ4v) is 2.67. The number of pyridine rings is 1. The van der Waals surface area contributed by atoms with Gasteiger partial charge in [-0.1, -0.05) is 30.7 Å². The molecule has 5 nitrogen and oxygen atoms in total. The first-order chi connectivity index (χ1) is 13.5. The van der Waals surface area contributed by atoms with E-state index in [1.807, 2.05) is 31.2 Å². The van der Waals surface area contributed by atoms with E-state index in [-0.39, 0.29) is 16.3 Å². The van der Waals surface area contributed by atoms with Crippen LogP contribution in [-0.4, -0.2) is 16.8 Å². The van der Waals surface area contributed by atoms with Gasteiger partial charge >= 0.3 is 0 Å². The summed E-state index contributed by atoms with van der Waals surface area (Å²) in [6.07, 6.45) is 2.29. The molecule has 0 bridgehead atoms. The molecular weight excluding hydrogens is 381 g/mol. The van der Waals surface area contributed by atoms with E-state index in [4.69, 9.17) is 11.6 Å². The molecular formula is C21H17ClFN3O2. The van der Waals surface area contributed by atoms with Gasteiger partial charge in [0.2, 0.25) is 0 Å². The maximum atomic E-state index is 13.2. The lowest BCUT2D eigenvalue weighted by molar-refractivity contribution is 0.102. The molecule has 7 heteroatoms. The number of amides is 2. The van der Waals surface area contributed by atoms with E-state index in [1.54, 1.807) is 0 Å². The summed E-state index contributed by atoms with van der Waals surface area (Å²) in [5, 5.41) is 5.26. The number of nitrogens with zero attached hydrogens (tertiary/aromatic N) is 1. The molecule has 0 radical (unpaired) electrons. The number of benzene rings is 2. The first-order valence-electron chi connectivity index (χ1n) is 8.59. The smallest absolute Gasteiger partial charge is 0.274 e. The van der Waals surface area contributed by atoms with Crippen LogP contribution in [-0.2, 0) is 6.42 Å². The maximum Gasteiger partial charge on any atom is 0.274 e. The lowest BCUT2D eigenvalue weighted by Crippen LogP contribution is -2.17. The summed E-state index contributed by atoms with van der Waals surface area (Å²) in [5.41, 5.74) is 2.48. The molecule has 0 aliphatic heterocycles. The van der Waals surface area contributed by atoms with Gasteiger partial charge in [-0.3, -0.25) is 14.6 Å². The molecule has 142 valence electrons. The van der Waals surface area contributed by atoms with Crippen LogP contribution < -0.4 is 10.6 Å². The molecule has 1 aromatic heterocycles. The van der Waals surface area contributed by atoms with Crippen LogP contribution in [0.2, 0.25) is 5.02 Å². The average molecular weight is 398 g/mol. The highest BCUT2D eigenvalue weighted by Crippen LogP contribution is 2.20. The highest BCUT2D eigenvalue weighted by atomic mass is 35.5. The van der Waals surface area contributed by atoms with E-state index in [9.17, 15) is 14.0 Å². The van der Waals surface area contributed by atoms with Crippen LogP contribution in [0.5, 0.6) is 0 Å². The molecule has 2 N–H and O–H groups in total. The van der Waals surface area contributed by atoms with Crippen molar-refractivity contribution in [3.8, 4) is 0 Å². The van der Waals surface area contributed by atoms with Crippen LogP contribution in [0.25, 0.3) is 0 Å². The summed E-state index contributed by atoms with van der Waals surface area (Å²) in [6, 6.07) is 14.2. The first kappa shape index (κ1) is 19.5. The van der Waals surface area contributed by atoms with Crippen LogP contribution in [0, 0.1) is 5.82 Å². The van der Waals surface area contributed by atoms with Gasteiger partial charge in [-0.15, -0.1) is 0 Å². The van der Waals surface area contributed by atoms with Gasteiger partial charge in [0.05, 0.1) is 5.02 Å². The van der Waals surface area contributed by atoms with Crippen LogP contribution in [0.3, 0.4) is 0 Å². The van der Waals surface area contributed by atoms with Crippen LogP contribution in [0.15, 0.2) is 60.8 Å². The quantitative estimate of drug-likeness (QED) is 0.640. The molecule has 28 heavy (non-hydrogen) atoms. The number of aryl methyl sites for hydroxylation is 1. The number of nitrogens with one attached hydrogen (secondary N) is 2. The van der Waals surface area contributed by atoms with Crippen molar-refractivity contribution in [1.29, 1.82) is 0 Å². The Bertz CT molecular complexity index is 1020. The van der Waals surface area contributed by atoms with Crippen molar-refractivity contribution >= 4 is 34.8 Å². The molecule has 2 aromatic carbocycles. The van der Waals surface area contributed by atoms with Crippen molar-refractivity contribution in [1.82, 2.24) is 4.98 Å². The van der Waals surface area contributed by atoms with Crippen molar-refractivity contribution in [2.75, 3.05) is 10.6 Å². The van der Waals surface area contributed by atoms with Crippen molar-refractivity contribution in [2.45, 2.75) is 13.3 Å². The Labute approximate surface area is 166 Å². The minimum absolute atomic E-state index is 0.0957. The monoisotopic (exact) mass is 397 g/mol. The van der Waals surface area contributed by atoms with E-state index in [0.717, 1.165) is 18.1 Å². The molecule has 0 aliphatic rings. The highest BCUT2D eigenvalue weighted by molar-refractivity contribution is 6.31. The van der Waals surface area contributed by atoms with Gasteiger partial charge in [-0.25, -0.2) is 4.39 Å². The number of rotatable bonds is 5. The Morgan fingerprint density at radius 1 is 0.964 bits per heavy atom. The molecule has 2 amide bonds. The third-order valence-corrected chi connectivity index (χ3v) is 4.34. The summed E-state index contributed by atoms with van der Waals surface area (Å²) in [7, 11) is 0. The van der Waals surface area contributed by atoms with Gasteiger partial charge < -0.3 is 10.6 Å². The van der Waals surface area contributed by atoms with Crippen molar-refractivity contribution in [2.24, 2.45) is 0 Å². The van der Waals surface area contributed by atoms with E-state index >= 15 is 0 Å². The van der Waals surface area contributed by atoms with Gasteiger partial charge in [0.1, 0.15) is 11.5 Å². The molecule has 0 saturated carbocycles. The second kappa shape index (κ2) is 8.63. The lowest BCUT2D eigenvalue weighted by atomic mass is 10.1. The van der Waals surface area contributed by atoms with E-state index < -0.39 is 17.6 Å². The first-order valence-corrected chi connectivity index (χ1v) is 8.97. The second-order valence-electron chi connectivity index (χ2n) is 6.02. The lowest BCUT2D eigenvalue weighted by Gasteiger charge is -2.08. The Kier molecular flexibility index (Phi) is 6.01. The van der Waals surface area contributed by atoms with Gasteiger partial charge in [0, 0.05) is 23.1 Å². The highest BCUT2D eigenvalue weighted by Gasteiger charge is 2.13. The van der Waals surface area contributed by atoms with Gasteiger partial charge in [-0.05, 0) is 54.4 Å². The van der Waals surface area contributed by atoms with Crippen molar-refractivity contribution in [3.63, 3.8) is 0 Å². The van der Waals surface area contributed by atoms with E-state index in [0.29, 0.717) is 11.4 Å². The maximum absolute atomic E-state index is 13.2. The molecule has 3 rings (SSSR count). The minimum Gasteiger partial charge on any atom is -0.322 e. The molecule has 0 fully saturated rings. The third kappa shape index (κ3) is 4.72. The second-order valence-corrected chi connectivity index (χ2v) is 6.42. The number of hydrogen-bond acceptors (Lipinski definition) is 3. The standard InChI is InChI=1S/C21H17ClFN3O2/c1-2-13-3-5-15(6-4-13)25-21(28)19-11-14(9-10-24-19)20(27)26-16-7-8-18(23)17(22)12-16/h3-12H,2H2,1H3,(H,25,28)(H,26,27). The van der Waals surface area contributed by atoms with E-state index in [1.165, 1.54) is 30.5 Å². The number of carbonyl (C=O) groups is 2. The summed E-state index contributed by atoms with van der Waals surface area (Å²) < 4.78 is 13.2. The Balaban J connectivity index is 1.72. The zero-order chi connectivity index (χ0) is 20.1. The number of carbonyl (C=O) groups excluding carboxylic acids is 2. The molecule has 0 saturated heterocycles. The third-order valence-electron chi connectivity index (χ3n) is 4.05. The minimum atomic E-state index is -0.575. The summed E-state index contributed by atoms with van der Waals surface area (Å²) in [4.78, 5) is 28.8. The number of halogens is 2. The van der Waals surface area contributed by atoms with Crippen LogP contribution >= 0.6 is 11.6 Å². The zero-order valence-electron chi connectivity index (χ0n) is 15.0. The molecule has 0 unspecified atom stereocenters. The average Bonchev–Trinajstić information content (AvgIpc) is 2.71. The molecule has 0 aliphatic carbocycles. The zero-order valence-corrected chi connectivity index (χ0v) is 15.8. The SMILES string of the molecule is CCc1ccc(NC(=O)c2cc(C(=O)Nc3ccc(F)c(Cl)c3)ccn2)cc1. The fourth-order valence-electron chi connectivity index (χ4n) is 2.49. The van der Waals surface area contributed by atoms with Crippen LogP contribution in [0.1, 0.15) is 33.3 Å². The van der Waals surface area contributed by atoms with Gasteiger partial charge in [0.25, 0.3) is 11.8 Å². The van der Waals surface area contributed by atoms with Crippen molar-refractivity contribution < 1.29 is 14.0 Å². The number of aromatic nitrogens is 1. The van der Waals surface area contributed by atoms with Gasteiger partial charge in [0.15, 0.2) is 0 Å². The van der Waals surface area contributed by atoms with Crippen LogP contribution in [0.4, 0.5) is 15.8 Å². The van der Waals surface area contributed by atoms with Gasteiger partial charge in [-0.2, -0.15) is 0 Å². The van der Waals surface area contributed by atoms with Crippen molar-refractivity contribution in [3.05, 3.63) is 88.5 Å². The predicted molar refractivity (Wildman–Crippen MR) is 107 cm³/mol. The molecule has 3 aromatic rings. The number of anilines is 2. The Morgan fingerprint density at radius 2 is 1.64 bits per heavy atom. The van der Waals surface area contributed by atoms with E-state index in [2.05, 4.69) is 15.6 Å². The largest absolute Gasteiger partial charge is 0.322 e. The number of hydrogen-bond donors (Lipinski definition) is 2. The summed E-state index contributed by atoms with van der Waals surface area (Å²) in [5.74, 6) is -1.47. The topological polar surface area (TPSA) is 71.1 Å². The molecule has 0 atom stereocenters. The molecule has 0 spiro atoms. The summed E-state index contributed by atoms with van der Waals surface area (Å²) >= 11 is 5.72. The Hall–Kier alpha value is -3.25. The fraction of sp³-hybridized carbons (Fsp3) is 0.0952. The normalized spacial score (nSPS) is 10.4. The predicted octanol–water partition coefficient (Wildman–Crippen LogP) is 4.94. The Morgan fingerprint density at radius 3 is 2.32 bits per heavy atom. The molecule has 1 heterocycles.